The first-order valence-electron chi connectivity index (χ1n) is 7.00. The number of thioether (sulfide) groups is 1. The van der Waals surface area contributed by atoms with Crippen molar-refractivity contribution >= 4 is 23.8 Å². The molecule has 7 heteroatoms. The Morgan fingerprint density at radius 2 is 2.29 bits per heavy atom. The Labute approximate surface area is 127 Å². The molecule has 0 saturated carbocycles. The van der Waals surface area contributed by atoms with E-state index in [2.05, 4.69) is 31.4 Å². The van der Waals surface area contributed by atoms with Crippen molar-refractivity contribution < 1.29 is 0 Å². The van der Waals surface area contributed by atoms with E-state index in [4.69, 9.17) is 0 Å². The van der Waals surface area contributed by atoms with Crippen LogP contribution in [-0.2, 0) is 0 Å². The lowest BCUT2D eigenvalue weighted by Gasteiger charge is -2.39. The minimum atomic E-state index is 0.431. The number of rotatable bonds is 3. The minimum absolute atomic E-state index is 0.431. The monoisotopic (exact) mass is 300 g/mol. The molecule has 21 heavy (non-hydrogen) atoms. The third-order valence-corrected chi connectivity index (χ3v) is 4.66. The Morgan fingerprint density at radius 3 is 3.05 bits per heavy atom. The normalized spacial score (nSPS) is 21.0. The fourth-order valence-corrected chi connectivity index (χ4v) is 3.30. The van der Waals surface area contributed by atoms with Gasteiger partial charge in [-0.1, -0.05) is 0 Å². The summed E-state index contributed by atoms with van der Waals surface area (Å²) in [6.45, 7) is 2.77. The van der Waals surface area contributed by atoms with Crippen molar-refractivity contribution in [2.24, 2.45) is 0 Å². The molecule has 4 rings (SSSR count). The van der Waals surface area contributed by atoms with Crippen molar-refractivity contribution in [3.63, 3.8) is 0 Å². The van der Waals surface area contributed by atoms with Crippen LogP contribution in [0.4, 0.5) is 5.95 Å². The van der Waals surface area contributed by atoms with Crippen LogP contribution in [-0.4, -0.2) is 45.3 Å². The van der Waals surface area contributed by atoms with Crippen molar-refractivity contribution in [2.45, 2.75) is 6.04 Å². The molecule has 0 amide bonds. The molecule has 108 valence electrons. The molecule has 0 radical (unpaired) electrons. The molecule has 6 nitrogen and oxygen atoms in total. The Balaban J connectivity index is 1.46. The molecule has 2 saturated heterocycles. The lowest BCUT2D eigenvalue weighted by atomic mass is 10.1. The van der Waals surface area contributed by atoms with E-state index in [0.29, 0.717) is 6.04 Å². The molecule has 2 aromatic heterocycles. The Kier molecular flexibility index (Phi) is 3.36. The predicted molar refractivity (Wildman–Crippen MR) is 83.9 cm³/mol. The van der Waals surface area contributed by atoms with Gasteiger partial charge in [0.25, 0.3) is 0 Å². The van der Waals surface area contributed by atoms with Crippen molar-refractivity contribution in [1.82, 2.24) is 25.1 Å². The zero-order chi connectivity index (χ0) is 14.1. The molecule has 2 aromatic rings. The number of nitrogens with zero attached hydrogens (tertiary/aromatic N) is 5. The van der Waals surface area contributed by atoms with Crippen molar-refractivity contribution in [1.29, 1.82) is 0 Å². The van der Waals surface area contributed by atoms with Crippen molar-refractivity contribution in [2.75, 3.05) is 30.4 Å². The molecule has 0 bridgehead atoms. The Morgan fingerprint density at radius 1 is 1.33 bits per heavy atom. The van der Waals surface area contributed by atoms with Crippen LogP contribution in [0.15, 0.2) is 35.6 Å². The summed E-state index contributed by atoms with van der Waals surface area (Å²) in [7, 11) is 0. The molecule has 4 heterocycles. The quantitative estimate of drug-likeness (QED) is 0.924. The van der Waals surface area contributed by atoms with Crippen LogP contribution >= 0.6 is 11.8 Å². The predicted octanol–water partition coefficient (Wildman–Crippen LogP) is 1.37. The van der Waals surface area contributed by atoms with Gasteiger partial charge in [-0.05, 0) is 18.2 Å². The first kappa shape index (κ1) is 12.8. The smallest absolute Gasteiger partial charge is 0.225 e. The maximum Gasteiger partial charge on any atom is 0.225 e. The SMILES string of the molecule is C(=C1\CNCS1)/c1ccnc(N2CC(n3cccn3)C2)n1. The summed E-state index contributed by atoms with van der Waals surface area (Å²) in [4.78, 5) is 12.5. The number of anilines is 1. The first-order chi connectivity index (χ1) is 10.4. The number of nitrogens with one attached hydrogen (secondary N) is 1. The van der Waals surface area contributed by atoms with E-state index >= 15 is 0 Å². The molecule has 0 atom stereocenters. The van der Waals surface area contributed by atoms with E-state index < -0.39 is 0 Å². The molecular weight excluding hydrogens is 284 g/mol. The minimum Gasteiger partial charge on any atom is -0.336 e. The van der Waals surface area contributed by atoms with Gasteiger partial charge in [0.2, 0.25) is 5.95 Å². The van der Waals surface area contributed by atoms with Gasteiger partial charge >= 0.3 is 0 Å². The third-order valence-electron chi connectivity index (χ3n) is 3.68. The summed E-state index contributed by atoms with van der Waals surface area (Å²) >= 11 is 1.83. The average Bonchev–Trinajstić information content (AvgIpc) is 3.11. The van der Waals surface area contributed by atoms with Crippen LogP contribution in [0.3, 0.4) is 0 Å². The maximum absolute atomic E-state index is 4.64. The topological polar surface area (TPSA) is 58.9 Å². The van der Waals surface area contributed by atoms with Gasteiger partial charge in [0.1, 0.15) is 0 Å². The molecular formula is C14H16N6S. The van der Waals surface area contributed by atoms with Crippen LogP contribution in [0.5, 0.6) is 0 Å². The first-order valence-corrected chi connectivity index (χ1v) is 7.98. The standard InChI is InChI=1S/C14H16N6S/c1-3-17-20(5-1)12-8-19(9-12)14-16-4-2-11(18-14)6-13-7-15-10-21-13/h1-6,12,15H,7-10H2/b13-6-. The second-order valence-corrected chi connectivity index (χ2v) is 6.25. The second-order valence-electron chi connectivity index (χ2n) is 5.15. The number of aromatic nitrogens is 4. The number of hydrogen-bond acceptors (Lipinski definition) is 6. The largest absolute Gasteiger partial charge is 0.336 e. The molecule has 2 aliphatic heterocycles. The molecule has 2 fully saturated rings. The van der Waals surface area contributed by atoms with Gasteiger partial charge in [0.05, 0.1) is 11.7 Å². The van der Waals surface area contributed by atoms with Gasteiger partial charge in [-0.2, -0.15) is 5.10 Å². The van der Waals surface area contributed by atoms with Crippen molar-refractivity contribution in [3.8, 4) is 0 Å². The lowest BCUT2D eigenvalue weighted by molar-refractivity contribution is 0.363. The van der Waals surface area contributed by atoms with Gasteiger partial charge in [-0.15, -0.1) is 11.8 Å². The van der Waals surface area contributed by atoms with E-state index in [0.717, 1.165) is 37.2 Å². The van der Waals surface area contributed by atoms with Gasteiger partial charge in [0.15, 0.2) is 0 Å². The highest BCUT2D eigenvalue weighted by Crippen LogP contribution is 2.25. The number of hydrogen-bond donors (Lipinski definition) is 1. The summed E-state index contributed by atoms with van der Waals surface area (Å²) in [6.07, 6.45) is 7.80. The fourth-order valence-electron chi connectivity index (χ4n) is 2.50. The Hall–Kier alpha value is -1.86. The van der Waals surface area contributed by atoms with Crippen molar-refractivity contribution in [3.05, 3.63) is 41.3 Å². The Bertz CT molecular complexity index is 639. The van der Waals surface area contributed by atoms with Gasteiger partial charge in [-0.3, -0.25) is 4.68 Å². The average molecular weight is 300 g/mol. The van der Waals surface area contributed by atoms with E-state index in [1.165, 1.54) is 4.91 Å². The third kappa shape index (κ3) is 2.66. The highest BCUT2D eigenvalue weighted by atomic mass is 32.2. The van der Waals surface area contributed by atoms with Gasteiger partial charge < -0.3 is 10.2 Å². The maximum atomic E-state index is 4.64. The fraction of sp³-hybridized carbons (Fsp3) is 0.357. The zero-order valence-corrected chi connectivity index (χ0v) is 12.3. The zero-order valence-electron chi connectivity index (χ0n) is 11.5. The lowest BCUT2D eigenvalue weighted by Crippen LogP contribution is -2.48. The second kappa shape index (κ2) is 5.50. The van der Waals surface area contributed by atoms with Crippen LogP contribution < -0.4 is 10.2 Å². The van der Waals surface area contributed by atoms with E-state index in [-0.39, 0.29) is 0 Å². The summed E-state index contributed by atoms with van der Waals surface area (Å²) in [5, 5.41) is 7.59. The molecule has 0 unspecified atom stereocenters. The molecule has 1 N–H and O–H groups in total. The summed E-state index contributed by atoms with van der Waals surface area (Å²) in [5.41, 5.74) is 0.980. The van der Waals surface area contributed by atoms with Crippen LogP contribution in [0, 0.1) is 0 Å². The van der Waals surface area contributed by atoms with Gasteiger partial charge in [-0.25, -0.2) is 9.97 Å². The van der Waals surface area contributed by atoms with E-state index in [1.54, 1.807) is 0 Å². The molecule has 2 aliphatic rings. The molecule has 0 aromatic carbocycles. The highest BCUT2D eigenvalue weighted by Gasteiger charge is 2.30. The van der Waals surface area contributed by atoms with E-state index in [1.807, 2.05) is 47.2 Å². The van der Waals surface area contributed by atoms with Crippen LogP contribution in [0.1, 0.15) is 11.7 Å². The van der Waals surface area contributed by atoms with Crippen LogP contribution in [0.25, 0.3) is 6.08 Å². The summed E-state index contributed by atoms with van der Waals surface area (Å²) in [5.74, 6) is 1.80. The van der Waals surface area contributed by atoms with Crippen LogP contribution in [0.2, 0.25) is 0 Å². The molecule has 0 aliphatic carbocycles. The van der Waals surface area contributed by atoms with E-state index in [9.17, 15) is 0 Å². The van der Waals surface area contributed by atoms with Gasteiger partial charge in [0, 0.05) is 49.0 Å². The summed E-state index contributed by atoms with van der Waals surface area (Å²) < 4.78 is 2.00. The summed E-state index contributed by atoms with van der Waals surface area (Å²) in [6, 6.07) is 4.35. The highest BCUT2D eigenvalue weighted by molar-refractivity contribution is 8.03. The molecule has 0 spiro atoms.